The summed E-state index contributed by atoms with van der Waals surface area (Å²) in [5, 5.41) is 11.1. The van der Waals surface area contributed by atoms with E-state index in [9.17, 15) is 0 Å². The summed E-state index contributed by atoms with van der Waals surface area (Å²) in [6.07, 6.45) is 1.70. The Bertz CT molecular complexity index is 974. The first-order valence-electron chi connectivity index (χ1n) is 8.11. The molecule has 6 nitrogen and oxygen atoms in total. The van der Waals surface area contributed by atoms with Crippen LogP contribution < -0.4 is 9.47 Å². The summed E-state index contributed by atoms with van der Waals surface area (Å²) in [5.74, 6) is 2.02. The molecule has 3 rings (SSSR count). The molecule has 7 heteroatoms. The lowest BCUT2D eigenvalue weighted by atomic mass is 10.2. The van der Waals surface area contributed by atoms with Crippen molar-refractivity contribution in [3.8, 4) is 11.5 Å². The Balaban J connectivity index is 1.75. The van der Waals surface area contributed by atoms with Crippen molar-refractivity contribution in [1.29, 1.82) is 0 Å². The van der Waals surface area contributed by atoms with Crippen LogP contribution in [0.1, 0.15) is 22.5 Å². The minimum absolute atomic E-state index is 0.448. The predicted octanol–water partition coefficient (Wildman–Crippen LogP) is 4.03. The Morgan fingerprint density at radius 1 is 1.15 bits per heavy atom. The summed E-state index contributed by atoms with van der Waals surface area (Å²) < 4.78 is 13.3. The topological polar surface area (TPSA) is 64.4 Å². The molecule has 0 aliphatic heterocycles. The molecule has 2 aromatic carbocycles. The molecule has 0 saturated heterocycles. The third-order valence-corrected chi connectivity index (χ3v) is 4.10. The van der Waals surface area contributed by atoms with E-state index >= 15 is 0 Å². The number of aryl methyl sites for hydroxylation is 2. The molecule has 134 valence electrons. The zero-order chi connectivity index (χ0) is 18.5. The van der Waals surface area contributed by atoms with E-state index in [1.54, 1.807) is 18.0 Å². The van der Waals surface area contributed by atoms with E-state index in [2.05, 4.69) is 46.5 Å². The van der Waals surface area contributed by atoms with Crippen molar-refractivity contribution in [1.82, 2.24) is 14.9 Å². The molecular weight excluding hydrogens is 348 g/mol. The maximum atomic E-state index is 5.89. The largest absolute Gasteiger partial charge is 0.493 e. The van der Waals surface area contributed by atoms with E-state index in [1.165, 1.54) is 5.56 Å². The number of aromatic amines is 1. The molecule has 0 bridgehead atoms. The number of nitrogens with one attached hydrogen (secondary N) is 1. The Morgan fingerprint density at radius 2 is 1.92 bits per heavy atom. The van der Waals surface area contributed by atoms with Gasteiger partial charge in [0.2, 0.25) is 4.77 Å². The van der Waals surface area contributed by atoms with Gasteiger partial charge in [-0.05, 0) is 55.4 Å². The molecule has 0 fully saturated rings. The van der Waals surface area contributed by atoms with Crippen molar-refractivity contribution >= 4 is 18.4 Å². The quantitative estimate of drug-likeness (QED) is 0.527. The number of H-pyrrole nitrogens is 1. The summed E-state index contributed by atoms with van der Waals surface area (Å²) in [4.78, 5) is 0. The van der Waals surface area contributed by atoms with Crippen LogP contribution in [0.25, 0.3) is 0 Å². The highest BCUT2D eigenvalue weighted by atomic mass is 32.1. The van der Waals surface area contributed by atoms with Crippen LogP contribution in [-0.2, 0) is 6.61 Å². The van der Waals surface area contributed by atoms with Gasteiger partial charge in [-0.1, -0.05) is 29.8 Å². The maximum absolute atomic E-state index is 5.89. The first-order valence-corrected chi connectivity index (χ1v) is 8.52. The average molecular weight is 368 g/mol. The second kappa shape index (κ2) is 7.97. The van der Waals surface area contributed by atoms with E-state index in [1.807, 2.05) is 25.1 Å². The van der Waals surface area contributed by atoms with Crippen LogP contribution in [0.4, 0.5) is 0 Å². The van der Waals surface area contributed by atoms with Crippen LogP contribution in [-0.4, -0.2) is 28.2 Å². The van der Waals surface area contributed by atoms with Gasteiger partial charge in [0.15, 0.2) is 11.5 Å². The fraction of sp³-hybridized carbons (Fsp3) is 0.211. The lowest BCUT2D eigenvalue weighted by molar-refractivity contribution is 0.284. The van der Waals surface area contributed by atoms with Gasteiger partial charge in [0.25, 0.3) is 0 Å². The van der Waals surface area contributed by atoms with Gasteiger partial charge in [-0.25, -0.2) is 0 Å². The summed E-state index contributed by atoms with van der Waals surface area (Å²) in [6, 6.07) is 13.9. The van der Waals surface area contributed by atoms with Crippen molar-refractivity contribution in [3.63, 3.8) is 0 Å². The molecule has 1 aromatic heterocycles. The van der Waals surface area contributed by atoms with Crippen molar-refractivity contribution in [2.45, 2.75) is 20.5 Å². The summed E-state index contributed by atoms with van der Waals surface area (Å²) >= 11 is 5.13. The first kappa shape index (κ1) is 17.9. The minimum Gasteiger partial charge on any atom is -0.493 e. The van der Waals surface area contributed by atoms with Gasteiger partial charge in [-0.2, -0.15) is 14.9 Å². The number of hydrogen-bond acceptors (Lipinski definition) is 5. The molecule has 0 aliphatic rings. The molecule has 3 aromatic rings. The molecule has 1 heterocycles. The first-order chi connectivity index (χ1) is 12.6. The molecule has 0 spiro atoms. The van der Waals surface area contributed by atoms with Gasteiger partial charge in [0, 0.05) is 0 Å². The van der Waals surface area contributed by atoms with Crippen LogP contribution in [0, 0.1) is 18.6 Å². The highest BCUT2D eigenvalue weighted by molar-refractivity contribution is 7.71. The second-order valence-electron chi connectivity index (χ2n) is 5.82. The third kappa shape index (κ3) is 4.18. The van der Waals surface area contributed by atoms with E-state index in [-0.39, 0.29) is 0 Å². The Hall–Kier alpha value is -2.93. The normalized spacial score (nSPS) is 11.0. The summed E-state index contributed by atoms with van der Waals surface area (Å²) in [5.41, 5.74) is 3.20. The Morgan fingerprint density at radius 3 is 2.58 bits per heavy atom. The molecule has 0 unspecified atom stereocenters. The minimum atomic E-state index is 0.448. The summed E-state index contributed by atoms with van der Waals surface area (Å²) in [6.45, 7) is 4.37. The number of methoxy groups -OCH3 is 1. The lowest BCUT2D eigenvalue weighted by Crippen LogP contribution is -1.99. The van der Waals surface area contributed by atoms with Gasteiger partial charge in [0.1, 0.15) is 12.4 Å². The highest BCUT2D eigenvalue weighted by Crippen LogP contribution is 2.28. The second-order valence-corrected chi connectivity index (χ2v) is 6.20. The van der Waals surface area contributed by atoms with Crippen LogP contribution in [0.2, 0.25) is 0 Å². The molecule has 26 heavy (non-hydrogen) atoms. The number of rotatable bonds is 6. The molecule has 0 amide bonds. The standard InChI is InChI=1S/C19H20N4O2S/c1-13-4-6-15(7-5-13)12-25-17-9-8-16(10-18(17)24-3)11-20-23-14(2)21-22-19(23)26/h4-11H,12H2,1-3H3,(H,22,26)/b20-11+. The molecule has 0 atom stereocenters. The van der Waals surface area contributed by atoms with Gasteiger partial charge in [-0.15, -0.1) is 0 Å². The number of hydrogen-bond donors (Lipinski definition) is 1. The van der Waals surface area contributed by atoms with Gasteiger partial charge >= 0.3 is 0 Å². The smallest absolute Gasteiger partial charge is 0.216 e. The highest BCUT2D eigenvalue weighted by Gasteiger charge is 2.06. The number of nitrogens with zero attached hydrogens (tertiary/aromatic N) is 3. The van der Waals surface area contributed by atoms with Crippen molar-refractivity contribution in [2.75, 3.05) is 7.11 Å². The van der Waals surface area contributed by atoms with Crippen LogP contribution in [0.15, 0.2) is 47.6 Å². The molecule has 1 N–H and O–H groups in total. The van der Waals surface area contributed by atoms with E-state index in [0.717, 1.165) is 11.1 Å². The Labute approximate surface area is 157 Å². The van der Waals surface area contributed by atoms with Gasteiger partial charge < -0.3 is 9.47 Å². The van der Waals surface area contributed by atoms with Crippen molar-refractivity contribution in [2.24, 2.45) is 5.10 Å². The fourth-order valence-corrected chi connectivity index (χ4v) is 2.58. The zero-order valence-corrected chi connectivity index (χ0v) is 15.7. The van der Waals surface area contributed by atoms with Gasteiger partial charge in [-0.3, -0.25) is 5.10 Å². The third-order valence-electron chi connectivity index (χ3n) is 3.84. The number of ether oxygens (including phenoxy) is 2. The fourth-order valence-electron chi connectivity index (χ4n) is 2.36. The number of benzene rings is 2. The van der Waals surface area contributed by atoms with Crippen molar-refractivity contribution in [3.05, 3.63) is 69.8 Å². The number of aromatic nitrogens is 3. The zero-order valence-electron chi connectivity index (χ0n) is 14.9. The van der Waals surface area contributed by atoms with Crippen molar-refractivity contribution < 1.29 is 9.47 Å². The SMILES string of the molecule is COc1cc(/C=N/n2c(C)n[nH]c2=S)ccc1OCc1ccc(C)cc1. The van der Waals surface area contributed by atoms with E-state index < -0.39 is 0 Å². The monoisotopic (exact) mass is 368 g/mol. The van der Waals surface area contributed by atoms with Crippen LogP contribution >= 0.6 is 12.2 Å². The average Bonchev–Trinajstić information content (AvgIpc) is 2.97. The molecular formula is C19H20N4O2S. The predicted molar refractivity (Wildman–Crippen MR) is 104 cm³/mol. The maximum Gasteiger partial charge on any atom is 0.216 e. The molecule has 0 aliphatic carbocycles. The lowest BCUT2D eigenvalue weighted by Gasteiger charge is -2.11. The molecule has 0 radical (unpaired) electrons. The van der Waals surface area contributed by atoms with E-state index in [0.29, 0.717) is 28.7 Å². The summed E-state index contributed by atoms with van der Waals surface area (Å²) in [7, 11) is 1.62. The van der Waals surface area contributed by atoms with Gasteiger partial charge in [0.05, 0.1) is 13.3 Å². The van der Waals surface area contributed by atoms with Crippen LogP contribution in [0.5, 0.6) is 11.5 Å². The molecule has 0 saturated carbocycles. The Kier molecular flexibility index (Phi) is 5.48. The van der Waals surface area contributed by atoms with E-state index in [4.69, 9.17) is 21.7 Å². The van der Waals surface area contributed by atoms with Crippen LogP contribution in [0.3, 0.4) is 0 Å².